The predicted octanol–water partition coefficient (Wildman–Crippen LogP) is 0.824. The zero-order valence-electron chi connectivity index (χ0n) is 13.2. The molecule has 4 amide bonds. The number of imide groups is 2. The topological polar surface area (TPSA) is 83.1 Å². The van der Waals surface area contributed by atoms with Crippen LogP contribution in [-0.2, 0) is 9.59 Å². The van der Waals surface area contributed by atoms with Crippen LogP contribution >= 0.6 is 0 Å². The highest BCUT2D eigenvalue weighted by molar-refractivity contribution is 6.28. The van der Waals surface area contributed by atoms with E-state index in [1.807, 2.05) is 31.3 Å². The fraction of sp³-hybridized carbons (Fsp3) is 0.353. The van der Waals surface area contributed by atoms with Gasteiger partial charge in [0, 0.05) is 12.8 Å². The Bertz CT molecular complexity index is 707. The van der Waals surface area contributed by atoms with Gasteiger partial charge in [0.2, 0.25) is 0 Å². The molecule has 2 aliphatic rings. The molecule has 120 valence electrons. The van der Waals surface area contributed by atoms with Crippen LogP contribution in [0.25, 0.3) is 0 Å². The minimum Gasteiger partial charge on any atom is -0.314 e. The predicted molar refractivity (Wildman–Crippen MR) is 84.4 cm³/mol. The van der Waals surface area contributed by atoms with E-state index in [0.29, 0.717) is 17.4 Å². The first-order valence-electron chi connectivity index (χ1n) is 7.78. The highest BCUT2D eigenvalue weighted by Crippen LogP contribution is 2.26. The van der Waals surface area contributed by atoms with Gasteiger partial charge in [-0.1, -0.05) is 18.2 Å². The van der Waals surface area contributed by atoms with Gasteiger partial charge in [0.1, 0.15) is 5.70 Å². The van der Waals surface area contributed by atoms with Crippen LogP contribution in [0.15, 0.2) is 36.0 Å². The van der Waals surface area contributed by atoms with Crippen LogP contribution in [0.3, 0.4) is 0 Å². The monoisotopic (exact) mass is 314 g/mol. The van der Waals surface area contributed by atoms with Crippen molar-refractivity contribution in [1.29, 1.82) is 0 Å². The van der Waals surface area contributed by atoms with E-state index in [1.54, 1.807) is 18.2 Å². The van der Waals surface area contributed by atoms with E-state index in [-0.39, 0.29) is 0 Å². The van der Waals surface area contributed by atoms with Crippen LogP contribution in [0.5, 0.6) is 0 Å². The van der Waals surface area contributed by atoms with Gasteiger partial charge in [-0.15, -0.1) is 0 Å². The quantitative estimate of drug-likeness (QED) is 0.807. The molecule has 0 unspecified atom stereocenters. The normalized spacial score (nSPS) is 22.3. The van der Waals surface area contributed by atoms with Gasteiger partial charge >= 0.3 is 6.03 Å². The second-order valence-electron chi connectivity index (χ2n) is 5.98. The Kier molecular flexibility index (Phi) is 4.00. The Morgan fingerprint density at radius 2 is 1.96 bits per heavy atom. The molecular weight excluding hydrogens is 294 g/mol. The summed E-state index contributed by atoms with van der Waals surface area (Å²) in [6.07, 6.45) is 3.95. The molecule has 3 N–H and O–H groups in total. The number of nitrogens with one attached hydrogen (secondary N) is 1. The van der Waals surface area contributed by atoms with Crippen molar-refractivity contribution in [3.63, 3.8) is 0 Å². The van der Waals surface area contributed by atoms with Crippen molar-refractivity contribution in [2.45, 2.75) is 32.7 Å². The van der Waals surface area contributed by atoms with Crippen molar-refractivity contribution in [3.05, 3.63) is 41.6 Å². The minimum atomic E-state index is -0.960. The third-order valence-corrected chi connectivity index (χ3v) is 4.24. The first-order chi connectivity index (χ1) is 11.0. The molecule has 0 bridgehead atoms. The van der Waals surface area contributed by atoms with E-state index < -0.39 is 23.8 Å². The highest BCUT2D eigenvalue weighted by Gasteiger charge is 2.46. The van der Waals surface area contributed by atoms with E-state index in [4.69, 9.17) is 0 Å². The Morgan fingerprint density at radius 1 is 1.26 bits per heavy atom. The lowest BCUT2D eigenvalue weighted by atomic mass is 9.99. The molecule has 0 aromatic heterocycles. The Hall–Kier alpha value is -2.47. The second kappa shape index (κ2) is 5.96. The number of aryl methyl sites for hydroxylation is 1. The number of nitrogens with zero attached hydrogens (tertiary/aromatic N) is 1. The molecule has 1 heterocycles. The largest absolute Gasteiger partial charge is 0.335 e. The summed E-state index contributed by atoms with van der Waals surface area (Å²) < 4.78 is 0. The lowest BCUT2D eigenvalue weighted by Crippen LogP contribution is -2.86. The Labute approximate surface area is 134 Å². The molecule has 1 aromatic rings. The average molecular weight is 314 g/mol. The number of rotatable bonds is 4. The molecule has 0 radical (unpaired) electrons. The van der Waals surface area contributed by atoms with E-state index in [2.05, 4.69) is 5.32 Å². The molecule has 3 rings (SSSR count). The van der Waals surface area contributed by atoms with Gasteiger partial charge in [-0.25, -0.2) is 9.69 Å². The van der Waals surface area contributed by atoms with E-state index in [0.717, 1.165) is 23.3 Å². The molecule has 2 fully saturated rings. The van der Waals surface area contributed by atoms with Crippen LogP contribution in [0, 0.1) is 12.8 Å². The summed E-state index contributed by atoms with van der Waals surface area (Å²) in [4.78, 5) is 38.4. The molecule has 1 aliphatic heterocycles. The molecule has 6 nitrogen and oxygen atoms in total. The lowest BCUT2D eigenvalue weighted by Gasteiger charge is -2.30. The summed E-state index contributed by atoms with van der Waals surface area (Å²) in [5, 5.41) is 4.29. The van der Waals surface area contributed by atoms with Crippen molar-refractivity contribution >= 4 is 23.5 Å². The van der Waals surface area contributed by atoms with Crippen LogP contribution in [0.4, 0.5) is 10.5 Å². The molecular formula is C17H20N3O3+. The van der Waals surface area contributed by atoms with Crippen molar-refractivity contribution in [3.8, 4) is 0 Å². The number of carbonyl (C=O) groups is 3. The number of hydrogen-bond donors (Lipinski definition) is 2. The van der Waals surface area contributed by atoms with Gasteiger partial charge < -0.3 is 5.32 Å². The van der Waals surface area contributed by atoms with E-state index in [1.165, 1.54) is 0 Å². The van der Waals surface area contributed by atoms with Gasteiger partial charge in [0.05, 0.1) is 11.7 Å². The van der Waals surface area contributed by atoms with Crippen molar-refractivity contribution in [1.82, 2.24) is 5.32 Å². The summed E-state index contributed by atoms with van der Waals surface area (Å²) >= 11 is 0. The van der Waals surface area contributed by atoms with Gasteiger partial charge in [0.25, 0.3) is 11.8 Å². The minimum absolute atomic E-state index is 0.436. The van der Waals surface area contributed by atoms with Crippen LogP contribution in [0.1, 0.15) is 25.3 Å². The standard InChI is InChI=1S/C17H19N3O3/c1-3-12(18-11-8-9-11)14-15(21)19-17(23)20(16(14)22)13-7-5-4-6-10(13)2/h3-7,11,14,18H,8-9H2,1-2H3,(H,19,21,23)/p+1/b12-3-/t14-/m1/s1. The number of hydrogen-bond acceptors (Lipinski definition) is 3. The molecule has 23 heavy (non-hydrogen) atoms. The number of quaternary nitrogens is 1. The summed E-state index contributed by atoms with van der Waals surface area (Å²) in [5.41, 5.74) is 1.99. The number of anilines is 1. The third kappa shape index (κ3) is 2.90. The molecule has 1 aromatic carbocycles. The summed E-state index contributed by atoms with van der Waals surface area (Å²) in [7, 11) is 0. The first-order valence-corrected chi connectivity index (χ1v) is 7.78. The maximum Gasteiger partial charge on any atom is 0.335 e. The maximum absolute atomic E-state index is 12.9. The smallest absolute Gasteiger partial charge is 0.314 e. The van der Waals surface area contributed by atoms with Crippen LogP contribution < -0.4 is 15.5 Å². The highest BCUT2D eigenvalue weighted by atomic mass is 16.2. The Morgan fingerprint density at radius 3 is 2.57 bits per heavy atom. The molecule has 6 heteroatoms. The SMILES string of the molecule is C/C=C(\[NH2+]C1CC1)[C@@H]1C(=O)NC(=O)N(c2ccccc2C)C1=O. The number of nitrogens with two attached hydrogens (primary N) is 1. The van der Waals surface area contributed by atoms with Crippen molar-refractivity contribution < 1.29 is 19.7 Å². The van der Waals surface area contributed by atoms with Crippen LogP contribution in [-0.4, -0.2) is 23.9 Å². The van der Waals surface area contributed by atoms with Crippen molar-refractivity contribution in [2.24, 2.45) is 5.92 Å². The van der Waals surface area contributed by atoms with Gasteiger partial charge in [0.15, 0.2) is 5.92 Å². The number of barbiturate groups is 1. The zero-order valence-corrected chi connectivity index (χ0v) is 13.2. The number of urea groups is 1. The van der Waals surface area contributed by atoms with E-state index >= 15 is 0 Å². The molecule has 1 aliphatic carbocycles. The fourth-order valence-electron chi connectivity index (χ4n) is 2.81. The van der Waals surface area contributed by atoms with Crippen LogP contribution in [0.2, 0.25) is 0 Å². The fourth-order valence-corrected chi connectivity index (χ4v) is 2.81. The first kappa shape index (κ1) is 15.4. The number of para-hydroxylation sites is 1. The number of benzene rings is 1. The average Bonchev–Trinajstić information content (AvgIpc) is 3.31. The summed E-state index contributed by atoms with van der Waals surface area (Å²) in [5.74, 6) is -1.99. The van der Waals surface area contributed by atoms with Gasteiger partial charge in [-0.3, -0.25) is 14.9 Å². The van der Waals surface area contributed by atoms with E-state index in [9.17, 15) is 14.4 Å². The number of amides is 4. The lowest BCUT2D eigenvalue weighted by molar-refractivity contribution is -0.624. The third-order valence-electron chi connectivity index (χ3n) is 4.24. The number of allylic oxidation sites excluding steroid dienone is 1. The second-order valence-corrected chi connectivity index (χ2v) is 5.98. The van der Waals surface area contributed by atoms with Gasteiger partial charge in [-0.2, -0.15) is 0 Å². The molecule has 0 spiro atoms. The maximum atomic E-state index is 12.9. The summed E-state index contributed by atoms with van der Waals surface area (Å²) in [6.45, 7) is 3.64. The number of carbonyl (C=O) groups excluding carboxylic acids is 3. The van der Waals surface area contributed by atoms with Crippen molar-refractivity contribution in [2.75, 3.05) is 4.90 Å². The molecule has 1 atom stereocenters. The molecule has 1 saturated carbocycles. The van der Waals surface area contributed by atoms with Gasteiger partial charge in [-0.05, 0) is 31.6 Å². The Balaban J connectivity index is 1.95. The molecule has 1 saturated heterocycles. The summed E-state index contributed by atoms with van der Waals surface area (Å²) in [6, 6.07) is 6.89. The zero-order chi connectivity index (χ0) is 16.6.